The van der Waals surface area contributed by atoms with Crippen LogP contribution in [0.2, 0.25) is 0 Å². The molecule has 298 valence electrons. The normalized spacial score (nSPS) is 34.7. The molecule has 4 fully saturated rings. The van der Waals surface area contributed by atoms with E-state index in [1.165, 1.54) is 17.8 Å². The highest BCUT2D eigenvalue weighted by Gasteiger charge is 2.71. The molecular weight excluding hydrogens is 697 g/mol. The smallest absolute Gasteiger partial charge is 0.334 e. The van der Waals surface area contributed by atoms with Gasteiger partial charge in [-0.15, -0.1) is 0 Å². The van der Waals surface area contributed by atoms with Crippen LogP contribution in [0.1, 0.15) is 123 Å². The van der Waals surface area contributed by atoms with E-state index >= 15 is 0 Å². The number of benzene rings is 1. The number of rotatable bonds is 11. The zero-order valence-electron chi connectivity index (χ0n) is 33.7. The van der Waals surface area contributed by atoms with E-state index in [-0.39, 0.29) is 77.3 Å². The molecule has 4 aliphatic carbocycles. The van der Waals surface area contributed by atoms with Crippen LogP contribution in [-0.4, -0.2) is 57.0 Å². The molecule has 0 unspecified atom stereocenters. The number of ether oxygens (including phenoxy) is 3. The molecule has 1 aromatic carbocycles. The Morgan fingerprint density at radius 1 is 0.945 bits per heavy atom. The summed E-state index contributed by atoms with van der Waals surface area (Å²) < 4.78 is 19.4. The first-order valence-electron chi connectivity index (χ1n) is 20.2. The first-order valence-corrected chi connectivity index (χ1v) is 20.2. The molecule has 0 saturated heterocycles. The standard InChI is InChI=1S/C45H60N2O8/c1-28(2)13-11-16-32(42(52)53-27-31-14-9-8-10-15-31)40-34-25-35(49)41-43(5)21-20-36(55-39(51)18-17-38(50)47-24-12-23-46-47)29(3)33(43)19-22-44(41,6)45(34,7)26-37(40)54-30(4)48/h8-10,12-15,23-24,29,33-37,41,49H,11,16-22,25-27H2,1-7H3/b40-32-/t29-,33-,34-,35+,36+,37-,41-,43-,44-,45-/m0/s1. The predicted molar refractivity (Wildman–Crippen MR) is 207 cm³/mol. The van der Waals surface area contributed by atoms with Gasteiger partial charge in [-0.3, -0.25) is 14.4 Å². The maximum atomic E-state index is 14.2. The van der Waals surface area contributed by atoms with Crippen molar-refractivity contribution in [2.45, 2.75) is 138 Å². The number of allylic oxidation sites excluding steroid dienone is 2. The second kappa shape index (κ2) is 16.2. The van der Waals surface area contributed by atoms with Gasteiger partial charge in [0, 0.05) is 31.3 Å². The van der Waals surface area contributed by atoms with Gasteiger partial charge in [0.2, 0.25) is 5.91 Å². The molecule has 2 aromatic rings. The minimum Gasteiger partial charge on any atom is -0.462 e. The van der Waals surface area contributed by atoms with E-state index in [0.29, 0.717) is 37.7 Å². The molecule has 0 amide bonds. The van der Waals surface area contributed by atoms with E-state index in [1.54, 1.807) is 12.3 Å². The number of hydrogen-bond donors (Lipinski definition) is 1. The summed E-state index contributed by atoms with van der Waals surface area (Å²) in [5.74, 6) is -1.36. The Kier molecular flexibility index (Phi) is 12.0. The fraction of sp³-hybridized carbons (Fsp3) is 0.622. The number of carbonyl (C=O) groups excluding carboxylic acids is 4. The summed E-state index contributed by atoms with van der Waals surface area (Å²) in [6.07, 6.45) is 9.06. The fourth-order valence-corrected chi connectivity index (χ4v) is 11.7. The van der Waals surface area contributed by atoms with Crippen LogP contribution in [0.3, 0.4) is 0 Å². The third kappa shape index (κ3) is 7.85. The number of fused-ring (bicyclic) bond motifs is 5. The third-order valence-corrected chi connectivity index (χ3v) is 14.3. The van der Waals surface area contributed by atoms with Gasteiger partial charge in [-0.25, -0.2) is 9.48 Å². The zero-order valence-corrected chi connectivity index (χ0v) is 33.7. The fourth-order valence-electron chi connectivity index (χ4n) is 11.7. The van der Waals surface area contributed by atoms with Crippen LogP contribution in [-0.2, 0) is 35.2 Å². The van der Waals surface area contributed by atoms with Crippen molar-refractivity contribution in [2.24, 2.45) is 39.9 Å². The SMILES string of the molecule is CC(=O)O[C@H]1C[C@@]2(C)[C@@H](C[C@@H](O)[C@H]3[C@@]4(C)CC[C@@H](OC(=O)CCC(=O)n5cccn5)[C@@H](C)[C@@H]4CC[C@@]32C)/C1=C(\CCC=C(C)C)C(=O)OCc1ccccc1. The summed E-state index contributed by atoms with van der Waals surface area (Å²) in [7, 11) is 0. The Morgan fingerprint density at radius 2 is 1.69 bits per heavy atom. The van der Waals surface area contributed by atoms with Gasteiger partial charge in [0.25, 0.3) is 0 Å². The van der Waals surface area contributed by atoms with Gasteiger partial charge in [0.15, 0.2) is 0 Å². The summed E-state index contributed by atoms with van der Waals surface area (Å²) in [5.41, 5.74) is 2.48. The van der Waals surface area contributed by atoms with Crippen LogP contribution in [0, 0.1) is 39.9 Å². The molecule has 0 aliphatic heterocycles. The quantitative estimate of drug-likeness (QED) is 0.104. The van der Waals surface area contributed by atoms with Gasteiger partial charge >= 0.3 is 17.9 Å². The summed E-state index contributed by atoms with van der Waals surface area (Å²) in [6.45, 7) is 14.8. The van der Waals surface area contributed by atoms with Gasteiger partial charge in [-0.2, -0.15) is 5.10 Å². The van der Waals surface area contributed by atoms with Crippen molar-refractivity contribution in [1.82, 2.24) is 9.78 Å². The van der Waals surface area contributed by atoms with E-state index in [4.69, 9.17) is 14.2 Å². The lowest BCUT2D eigenvalue weighted by Gasteiger charge is -2.69. The molecule has 4 saturated carbocycles. The number of aliphatic hydroxyl groups excluding tert-OH is 1. The van der Waals surface area contributed by atoms with Crippen molar-refractivity contribution in [3.63, 3.8) is 0 Å². The lowest BCUT2D eigenvalue weighted by Crippen LogP contribution is -2.65. The Labute approximate surface area is 326 Å². The molecule has 0 radical (unpaired) electrons. The lowest BCUT2D eigenvalue weighted by molar-refractivity contribution is -0.236. The first kappa shape index (κ1) is 40.6. The number of carbonyl (C=O) groups is 4. The van der Waals surface area contributed by atoms with E-state index in [2.05, 4.69) is 38.9 Å². The number of esters is 3. The monoisotopic (exact) mass is 756 g/mol. The summed E-state index contributed by atoms with van der Waals surface area (Å²) in [5, 5.41) is 16.4. The molecule has 1 heterocycles. The molecule has 6 rings (SSSR count). The molecule has 10 nitrogen and oxygen atoms in total. The molecule has 55 heavy (non-hydrogen) atoms. The van der Waals surface area contributed by atoms with Crippen molar-refractivity contribution >= 4 is 23.8 Å². The Bertz CT molecular complexity index is 1800. The summed E-state index contributed by atoms with van der Waals surface area (Å²) in [4.78, 5) is 52.3. The molecule has 1 N–H and O–H groups in total. The largest absolute Gasteiger partial charge is 0.462 e. The van der Waals surface area contributed by atoms with Gasteiger partial charge in [-0.1, -0.05) is 69.7 Å². The zero-order chi connectivity index (χ0) is 39.7. The highest BCUT2D eigenvalue weighted by molar-refractivity contribution is 5.90. The average Bonchev–Trinajstić information content (AvgIpc) is 3.77. The van der Waals surface area contributed by atoms with Crippen molar-refractivity contribution in [1.29, 1.82) is 0 Å². The van der Waals surface area contributed by atoms with Gasteiger partial charge in [0.05, 0.1) is 12.5 Å². The summed E-state index contributed by atoms with van der Waals surface area (Å²) in [6, 6.07) is 11.3. The minimum atomic E-state index is -0.652. The van der Waals surface area contributed by atoms with Crippen LogP contribution < -0.4 is 0 Å². The van der Waals surface area contributed by atoms with Gasteiger partial charge in [-0.05, 0) is 122 Å². The minimum absolute atomic E-state index is 0.00151. The molecule has 10 heteroatoms. The number of hydrogen-bond acceptors (Lipinski definition) is 9. The Hall–Kier alpha value is -4.05. The maximum Gasteiger partial charge on any atom is 0.334 e. The van der Waals surface area contributed by atoms with Crippen molar-refractivity contribution in [2.75, 3.05) is 0 Å². The Morgan fingerprint density at radius 3 is 2.36 bits per heavy atom. The van der Waals surface area contributed by atoms with E-state index in [9.17, 15) is 24.3 Å². The maximum absolute atomic E-state index is 14.2. The third-order valence-electron chi connectivity index (χ3n) is 14.3. The van der Waals surface area contributed by atoms with E-state index in [0.717, 1.165) is 36.0 Å². The topological polar surface area (TPSA) is 134 Å². The first-order chi connectivity index (χ1) is 26.1. The molecule has 1 aromatic heterocycles. The van der Waals surface area contributed by atoms with Crippen molar-refractivity contribution in [3.8, 4) is 0 Å². The summed E-state index contributed by atoms with van der Waals surface area (Å²) >= 11 is 0. The van der Waals surface area contributed by atoms with Crippen LogP contribution in [0.4, 0.5) is 0 Å². The van der Waals surface area contributed by atoms with E-state index in [1.807, 2.05) is 44.2 Å². The van der Waals surface area contributed by atoms with Gasteiger partial charge < -0.3 is 19.3 Å². The van der Waals surface area contributed by atoms with Crippen molar-refractivity contribution in [3.05, 3.63) is 77.2 Å². The highest BCUT2D eigenvalue weighted by atomic mass is 16.5. The van der Waals surface area contributed by atoms with Crippen LogP contribution in [0.15, 0.2) is 71.6 Å². The number of nitrogens with zero attached hydrogens (tertiary/aromatic N) is 2. The molecule has 10 atom stereocenters. The second-order valence-corrected chi connectivity index (χ2v) is 17.7. The molecular formula is C45H60N2O8. The van der Waals surface area contributed by atoms with Gasteiger partial charge in [0.1, 0.15) is 18.8 Å². The highest BCUT2D eigenvalue weighted by Crippen LogP contribution is 2.74. The van der Waals surface area contributed by atoms with E-state index < -0.39 is 24.1 Å². The molecule has 0 bridgehead atoms. The van der Waals surface area contributed by atoms with Crippen LogP contribution in [0.5, 0.6) is 0 Å². The number of aliphatic hydroxyl groups is 1. The average molecular weight is 757 g/mol. The number of aromatic nitrogens is 2. The predicted octanol–water partition coefficient (Wildman–Crippen LogP) is 8.19. The lowest BCUT2D eigenvalue weighted by atomic mass is 9.36. The molecule has 0 spiro atoms. The van der Waals surface area contributed by atoms with Crippen LogP contribution >= 0.6 is 0 Å². The molecule has 4 aliphatic rings. The van der Waals surface area contributed by atoms with Crippen molar-refractivity contribution < 1.29 is 38.5 Å². The second-order valence-electron chi connectivity index (χ2n) is 17.7. The van der Waals surface area contributed by atoms with Crippen LogP contribution in [0.25, 0.3) is 0 Å². The Balaban J connectivity index is 1.27.